The van der Waals surface area contributed by atoms with Crippen LogP contribution in [-0.4, -0.2) is 37.3 Å². The lowest BCUT2D eigenvalue weighted by Crippen LogP contribution is -2.75. The zero-order valence-electron chi connectivity index (χ0n) is 13.9. The fourth-order valence-corrected chi connectivity index (χ4v) is 55.2. The van der Waals surface area contributed by atoms with E-state index in [2.05, 4.69) is 72.0 Å². The van der Waals surface area contributed by atoms with Gasteiger partial charge in [-0.05, 0) is 17.0 Å². The predicted molar refractivity (Wildman–Crippen MR) is 92.4 cm³/mol. The molecule has 0 aliphatic rings. The van der Waals surface area contributed by atoms with Gasteiger partial charge in [-0.3, -0.25) is 0 Å². The minimum absolute atomic E-state index is 0.361. The largest absolute Gasteiger partial charge is 0.433 e. The van der Waals surface area contributed by atoms with Crippen LogP contribution in [0.3, 0.4) is 0 Å². The topological polar surface area (TPSA) is 20.2 Å². The van der Waals surface area contributed by atoms with Gasteiger partial charge < -0.3 is 4.80 Å². The molecule has 0 spiro atoms. The first-order chi connectivity index (χ1) is 7.00. The highest BCUT2D eigenvalue weighted by molar-refractivity contribution is 7.28. The van der Waals surface area contributed by atoms with Crippen molar-refractivity contribution >= 4 is 32.5 Å². The highest BCUT2D eigenvalue weighted by atomic mass is 28.5. The van der Waals surface area contributed by atoms with Crippen molar-refractivity contribution in [1.29, 1.82) is 0 Å². The summed E-state index contributed by atoms with van der Waals surface area (Å²) in [5, 5.41) is 0. The van der Waals surface area contributed by atoms with Crippen molar-refractivity contribution in [3.05, 3.63) is 0 Å². The molecule has 0 aliphatic heterocycles. The van der Waals surface area contributed by atoms with E-state index in [0.717, 1.165) is 0 Å². The minimum Gasteiger partial charge on any atom is -0.433 e. The number of rotatable bonds is 4. The van der Waals surface area contributed by atoms with Crippen LogP contribution in [0.25, 0.3) is 0 Å². The second kappa shape index (κ2) is 4.44. The molecule has 0 fully saturated rings. The van der Waals surface area contributed by atoms with Crippen molar-refractivity contribution in [1.82, 2.24) is 0 Å². The van der Waals surface area contributed by atoms with E-state index in [1.165, 1.54) is 0 Å². The van der Waals surface area contributed by atoms with Gasteiger partial charge in [-0.15, -0.1) is 0 Å². The summed E-state index contributed by atoms with van der Waals surface area (Å²) in [4.78, 5) is 11.2. The molecule has 0 aliphatic carbocycles. The zero-order chi connectivity index (χ0) is 14.5. The second-order valence-electron chi connectivity index (χ2n) is 9.06. The quantitative estimate of drug-likeness (QED) is 0.755. The van der Waals surface area contributed by atoms with E-state index in [1.807, 2.05) is 0 Å². The van der Waals surface area contributed by atoms with Crippen LogP contribution < -0.4 is 0 Å². The first-order valence-corrected chi connectivity index (χ1v) is 20.2. The van der Waals surface area contributed by atoms with E-state index >= 15 is 0 Å². The van der Waals surface area contributed by atoms with Gasteiger partial charge in [-0.25, -0.2) is 0 Å². The average Bonchev–Trinajstić information content (AvgIpc) is 1.67. The van der Waals surface area contributed by atoms with Gasteiger partial charge in [-0.1, -0.05) is 58.9 Å². The third-order valence-electron chi connectivity index (χ3n) is 4.29. The monoisotopic (exact) mass is 306 g/mol. The molecule has 0 saturated carbocycles. The third-order valence-corrected chi connectivity index (χ3v) is 38.6. The van der Waals surface area contributed by atoms with Crippen LogP contribution in [0.15, 0.2) is 0 Å². The van der Waals surface area contributed by atoms with Gasteiger partial charge >= 0.3 is 0 Å². The van der Waals surface area contributed by atoms with E-state index in [9.17, 15) is 4.80 Å². The molecule has 0 amide bonds. The van der Waals surface area contributed by atoms with Gasteiger partial charge in [0.2, 0.25) is 0 Å². The molecule has 0 rings (SSSR count). The van der Waals surface area contributed by atoms with E-state index in [4.69, 9.17) is 0 Å². The molecule has 5 heteroatoms. The fourth-order valence-electron chi connectivity index (χ4n) is 6.13. The molecule has 0 aromatic rings. The summed E-state index contributed by atoms with van der Waals surface area (Å²) >= 11 is 0. The molecule has 104 valence electrons. The summed E-state index contributed by atoms with van der Waals surface area (Å²) in [6, 6.07) is 0. The van der Waals surface area contributed by atoms with Crippen molar-refractivity contribution in [2.45, 2.75) is 75.9 Å². The molecule has 0 aromatic heterocycles. The fraction of sp³-hybridized carbons (Fsp3) is 1.00. The SMILES string of the molecule is C[Si](C)(C)C([Si](C)(C)C)([Si](C)(C)C)[Si](C)(C)O. The second-order valence-corrected chi connectivity index (χ2v) is 31.7. The normalized spacial score (nSPS) is 16.2. The Morgan fingerprint density at radius 3 is 0.706 bits per heavy atom. The maximum absolute atomic E-state index is 11.2. The van der Waals surface area contributed by atoms with Crippen molar-refractivity contribution in [2.75, 3.05) is 0 Å². The third kappa shape index (κ3) is 2.73. The van der Waals surface area contributed by atoms with Crippen LogP contribution in [0.5, 0.6) is 0 Å². The predicted octanol–water partition coefficient (Wildman–Crippen LogP) is 4.56. The average molecular weight is 307 g/mol. The lowest BCUT2D eigenvalue weighted by atomic mass is 11.6. The Hall–Kier alpha value is 0.828. The van der Waals surface area contributed by atoms with Gasteiger partial charge in [0.1, 0.15) is 0 Å². The van der Waals surface area contributed by atoms with Gasteiger partial charge in [-0.2, -0.15) is 0 Å². The van der Waals surface area contributed by atoms with Crippen LogP contribution in [0.4, 0.5) is 0 Å². The Kier molecular flexibility index (Phi) is 4.65. The maximum Gasteiger partial charge on any atom is 0.180 e. The van der Waals surface area contributed by atoms with Crippen LogP contribution in [-0.2, 0) is 0 Å². The molecule has 17 heavy (non-hydrogen) atoms. The van der Waals surface area contributed by atoms with Gasteiger partial charge in [0.05, 0.1) is 0 Å². The van der Waals surface area contributed by atoms with Crippen molar-refractivity contribution in [2.24, 2.45) is 0 Å². The van der Waals surface area contributed by atoms with Crippen molar-refractivity contribution < 1.29 is 4.80 Å². The highest BCUT2D eigenvalue weighted by Gasteiger charge is 2.67. The summed E-state index contributed by atoms with van der Waals surface area (Å²) in [6.07, 6.45) is 0. The van der Waals surface area contributed by atoms with Gasteiger partial charge in [0.15, 0.2) is 8.32 Å². The summed E-state index contributed by atoms with van der Waals surface area (Å²) in [6.45, 7) is 26.9. The van der Waals surface area contributed by atoms with Crippen LogP contribution in [0.1, 0.15) is 0 Å². The Balaban J connectivity index is 6.37. The lowest BCUT2D eigenvalue weighted by molar-refractivity contribution is 0.543. The summed E-state index contributed by atoms with van der Waals surface area (Å²) < 4.78 is 0.361. The summed E-state index contributed by atoms with van der Waals surface area (Å²) in [5.41, 5.74) is 0. The van der Waals surface area contributed by atoms with E-state index in [1.54, 1.807) is 0 Å². The molecule has 0 saturated heterocycles. The lowest BCUT2D eigenvalue weighted by Gasteiger charge is -2.63. The Bertz CT molecular complexity index is 211. The van der Waals surface area contributed by atoms with Gasteiger partial charge in [0.25, 0.3) is 0 Å². The Morgan fingerprint density at radius 2 is 0.706 bits per heavy atom. The Morgan fingerprint density at radius 1 is 0.529 bits per heavy atom. The van der Waals surface area contributed by atoms with Gasteiger partial charge in [0, 0.05) is 24.2 Å². The Labute approximate surface area is 113 Å². The van der Waals surface area contributed by atoms with E-state index in [0.29, 0.717) is 3.91 Å². The highest BCUT2D eigenvalue weighted by Crippen LogP contribution is 2.58. The van der Waals surface area contributed by atoms with Crippen molar-refractivity contribution in [3.63, 3.8) is 0 Å². The smallest absolute Gasteiger partial charge is 0.180 e. The number of hydrogen-bond donors (Lipinski definition) is 1. The maximum atomic E-state index is 11.2. The minimum atomic E-state index is -2.16. The molecule has 1 N–H and O–H groups in total. The molecular weight excluding hydrogens is 272 g/mol. The molecule has 0 aromatic carbocycles. The summed E-state index contributed by atoms with van der Waals surface area (Å²) in [5.74, 6) is 0. The van der Waals surface area contributed by atoms with E-state index in [-0.39, 0.29) is 0 Å². The first-order valence-electron chi connectivity index (χ1n) is 6.72. The van der Waals surface area contributed by atoms with Crippen molar-refractivity contribution in [3.8, 4) is 0 Å². The molecule has 0 atom stereocenters. The standard InChI is InChI=1S/C12H34OSi4/c1-14(2,3)12(15(4,5)6,16(7,8)9)17(10,11)13/h13H,1-11H3. The zero-order valence-corrected chi connectivity index (χ0v) is 17.9. The molecular formula is C12H34OSi4. The molecule has 0 unspecified atom stereocenters. The van der Waals surface area contributed by atoms with Crippen LogP contribution >= 0.6 is 0 Å². The van der Waals surface area contributed by atoms with E-state index < -0.39 is 32.5 Å². The molecule has 1 nitrogen and oxygen atoms in total. The molecule has 0 heterocycles. The molecule has 0 bridgehead atoms. The molecule has 0 radical (unpaired) electrons. The van der Waals surface area contributed by atoms with Crippen LogP contribution in [0.2, 0.25) is 75.9 Å². The van der Waals surface area contributed by atoms with Crippen LogP contribution in [0, 0.1) is 0 Å². The summed E-state index contributed by atoms with van der Waals surface area (Å²) in [7, 11) is -6.38. The first kappa shape index (κ1) is 17.8. The number of hydrogen-bond acceptors (Lipinski definition) is 1.